The molecule has 0 N–H and O–H groups in total. The number of ether oxygens (including phenoxy) is 2. The van der Waals surface area contributed by atoms with Gasteiger partial charge in [0.25, 0.3) is 0 Å². The zero-order valence-corrected chi connectivity index (χ0v) is 20.6. The number of hydrogen-bond donors (Lipinski definition) is 0. The molecule has 0 fully saturated rings. The first-order valence-electron chi connectivity index (χ1n) is 11.7. The molecule has 0 saturated heterocycles. The van der Waals surface area contributed by atoms with Crippen LogP contribution in [-0.2, 0) is 22.2 Å². The molecule has 0 unspecified atom stereocenters. The van der Waals surface area contributed by atoms with Crippen LogP contribution >= 0.6 is 0 Å². The molecule has 1 aliphatic carbocycles. The molecule has 176 valence electrons. The Morgan fingerprint density at radius 3 is 1.94 bits per heavy atom. The summed E-state index contributed by atoms with van der Waals surface area (Å²) in [5, 5.41) is 0. The molecule has 0 spiro atoms. The number of ketones is 1. The van der Waals surface area contributed by atoms with E-state index in [9.17, 15) is 9.59 Å². The fourth-order valence-corrected chi connectivity index (χ4v) is 4.66. The van der Waals surface area contributed by atoms with E-state index in [0.717, 1.165) is 18.4 Å². The van der Waals surface area contributed by atoms with Gasteiger partial charge in [-0.25, -0.2) is 4.79 Å². The van der Waals surface area contributed by atoms with Gasteiger partial charge in [0.15, 0.2) is 5.78 Å². The van der Waals surface area contributed by atoms with E-state index in [1.54, 1.807) is 24.3 Å². The lowest BCUT2D eigenvalue weighted by Gasteiger charge is -2.42. The zero-order valence-electron chi connectivity index (χ0n) is 20.6. The molecule has 0 aliphatic heterocycles. The van der Waals surface area contributed by atoms with Crippen molar-refractivity contribution in [1.29, 1.82) is 0 Å². The van der Waals surface area contributed by atoms with Gasteiger partial charge in [-0.2, -0.15) is 0 Å². The summed E-state index contributed by atoms with van der Waals surface area (Å²) >= 11 is 0. The molecule has 3 aromatic rings. The minimum atomic E-state index is -0.427. The van der Waals surface area contributed by atoms with Crippen LogP contribution in [0.15, 0.2) is 66.7 Å². The van der Waals surface area contributed by atoms with Gasteiger partial charge < -0.3 is 9.47 Å². The number of methoxy groups -OCH3 is 1. The monoisotopic (exact) mass is 456 g/mol. The standard InChI is InChI=1S/C30H32O4/c1-29(2)15-16-30(3,4)25-18-26(34-19-20-9-7-6-8-10-20)23(17-24(25)29)27(31)21-11-13-22(14-12-21)28(32)33-5/h6-14,17-18H,15-16,19H2,1-5H3. The first kappa shape index (κ1) is 23.7. The minimum absolute atomic E-state index is 0.000545. The van der Waals surface area contributed by atoms with E-state index in [-0.39, 0.29) is 16.6 Å². The molecule has 0 amide bonds. The molecule has 0 aromatic heterocycles. The van der Waals surface area contributed by atoms with Crippen molar-refractivity contribution in [3.63, 3.8) is 0 Å². The molecular formula is C30H32O4. The van der Waals surface area contributed by atoms with E-state index in [1.807, 2.05) is 36.4 Å². The van der Waals surface area contributed by atoms with Gasteiger partial charge in [-0.1, -0.05) is 70.2 Å². The molecule has 4 nitrogen and oxygen atoms in total. The Morgan fingerprint density at radius 1 is 0.794 bits per heavy atom. The highest BCUT2D eigenvalue weighted by Gasteiger charge is 2.38. The van der Waals surface area contributed by atoms with Crippen LogP contribution in [0.25, 0.3) is 0 Å². The Bertz CT molecular complexity index is 1200. The SMILES string of the molecule is COC(=O)c1ccc(C(=O)c2cc3c(cc2OCc2ccccc2)C(C)(C)CCC3(C)C)cc1. The van der Waals surface area contributed by atoms with E-state index >= 15 is 0 Å². The van der Waals surface area contributed by atoms with Crippen LogP contribution in [0.3, 0.4) is 0 Å². The predicted molar refractivity (Wildman–Crippen MR) is 134 cm³/mol. The number of rotatable bonds is 6. The Hall–Kier alpha value is -3.40. The summed E-state index contributed by atoms with van der Waals surface area (Å²) in [4.78, 5) is 25.5. The minimum Gasteiger partial charge on any atom is -0.488 e. The van der Waals surface area contributed by atoms with E-state index in [2.05, 4.69) is 33.8 Å². The maximum absolute atomic E-state index is 13.7. The second kappa shape index (κ2) is 9.09. The average molecular weight is 457 g/mol. The molecule has 1 aliphatic rings. The first-order valence-corrected chi connectivity index (χ1v) is 11.7. The average Bonchev–Trinajstić information content (AvgIpc) is 2.85. The fraction of sp³-hybridized carbons (Fsp3) is 0.333. The molecule has 0 atom stereocenters. The quantitative estimate of drug-likeness (QED) is 0.308. The van der Waals surface area contributed by atoms with Gasteiger partial charge in [-0.3, -0.25) is 4.79 Å². The lowest BCUT2D eigenvalue weighted by molar-refractivity contribution is 0.0600. The summed E-state index contributed by atoms with van der Waals surface area (Å²) in [5.41, 5.74) is 4.91. The van der Waals surface area contributed by atoms with Gasteiger partial charge in [0.2, 0.25) is 0 Å². The second-order valence-corrected chi connectivity index (χ2v) is 10.3. The molecule has 0 saturated carbocycles. The topological polar surface area (TPSA) is 52.6 Å². The second-order valence-electron chi connectivity index (χ2n) is 10.3. The highest BCUT2D eigenvalue weighted by atomic mass is 16.5. The Labute approximate surface area is 201 Å². The summed E-state index contributed by atoms with van der Waals surface area (Å²) < 4.78 is 11.1. The van der Waals surface area contributed by atoms with Crippen molar-refractivity contribution in [2.45, 2.75) is 58.0 Å². The van der Waals surface area contributed by atoms with E-state index in [1.165, 1.54) is 18.2 Å². The van der Waals surface area contributed by atoms with Crippen LogP contribution in [-0.4, -0.2) is 18.9 Å². The highest BCUT2D eigenvalue weighted by Crippen LogP contribution is 2.48. The Balaban J connectivity index is 1.79. The fourth-order valence-electron chi connectivity index (χ4n) is 4.66. The van der Waals surface area contributed by atoms with E-state index in [0.29, 0.717) is 29.0 Å². The third kappa shape index (κ3) is 4.63. The van der Waals surface area contributed by atoms with Crippen molar-refractivity contribution in [3.05, 3.63) is 100 Å². The first-order chi connectivity index (χ1) is 16.1. The Kier molecular flexibility index (Phi) is 6.35. The highest BCUT2D eigenvalue weighted by molar-refractivity contribution is 6.11. The van der Waals surface area contributed by atoms with Gasteiger partial charge in [0.1, 0.15) is 12.4 Å². The maximum atomic E-state index is 13.7. The van der Waals surface area contributed by atoms with Crippen LogP contribution in [0.2, 0.25) is 0 Å². The molecule has 0 heterocycles. The summed E-state index contributed by atoms with van der Waals surface area (Å²) in [7, 11) is 1.34. The number of benzene rings is 3. The summed E-state index contributed by atoms with van der Waals surface area (Å²) in [6, 6.07) is 20.6. The smallest absolute Gasteiger partial charge is 0.337 e. The molecule has 4 heteroatoms. The molecule has 4 rings (SSSR count). The molecule has 3 aromatic carbocycles. The largest absolute Gasteiger partial charge is 0.488 e. The van der Waals surface area contributed by atoms with E-state index < -0.39 is 5.97 Å². The van der Waals surface area contributed by atoms with Crippen LogP contribution in [0.1, 0.15) is 83.5 Å². The molecular weight excluding hydrogens is 424 g/mol. The lowest BCUT2D eigenvalue weighted by atomic mass is 9.62. The van der Waals surface area contributed by atoms with Crippen molar-refractivity contribution in [2.75, 3.05) is 7.11 Å². The molecule has 0 bridgehead atoms. The lowest BCUT2D eigenvalue weighted by Crippen LogP contribution is -2.34. The maximum Gasteiger partial charge on any atom is 0.337 e. The zero-order chi connectivity index (χ0) is 24.5. The van der Waals surface area contributed by atoms with Crippen LogP contribution < -0.4 is 4.74 Å². The number of esters is 1. The predicted octanol–water partition coefficient (Wildman–Crippen LogP) is 6.63. The Morgan fingerprint density at radius 2 is 1.35 bits per heavy atom. The third-order valence-corrected chi connectivity index (χ3v) is 7.00. The van der Waals surface area contributed by atoms with Crippen molar-refractivity contribution in [2.24, 2.45) is 0 Å². The normalized spacial score (nSPS) is 15.8. The van der Waals surface area contributed by atoms with Crippen LogP contribution in [0.5, 0.6) is 5.75 Å². The number of hydrogen-bond acceptors (Lipinski definition) is 4. The third-order valence-electron chi connectivity index (χ3n) is 7.00. The van der Waals surface area contributed by atoms with Gasteiger partial charge in [-0.15, -0.1) is 0 Å². The van der Waals surface area contributed by atoms with Crippen molar-refractivity contribution in [3.8, 4) is 5.75 Å². The van der Waals surface area contributed by atoms with Crippen molar-refractivity contribution in [1.82, 2.24) is 0 Å². The number of carbonyl (C=O) groups is 2. The van der Waals surface area contributed by atoms with Crippen LogP contribution in [0, 0.1) is 0 Å². The van der Waals surface area contributed by atoms with Crippen molar-refractivity contribution < 1.29 is 19.1 Å². The summed E-state index contributed by atoms with van der Waals surface area (Å²) in [6.07, 6.45) is 2.13. The summed E-state index contributed by atoms with van der Waals surface area (Å²) in [6.45, 7) is 9.38. The number of carbonyl (C=O) groups excluding carboxylic acids is 2. The van der Waals surface area contributed by atoms with Gasteiger partial charge in [0.05, 0.1) is 18.2 Å². The molecule has 34 heavy (non-hydrogen) atoms. The van der Waals surface area contributed by atoms with Gasteiger partial charge in [-0.05, 0) is 64.6 Å². The van der Waals surface area contributed by atoms with Gasteiger partial charge >= 0.3 is 5.97 Å². The van der Waals surface area contributed by atoms with Crippen LogP contribution in [0.4, 0.5) is 0 Å². The van der Waals surface area contributed by atoms with Crippen molar-refractivity contribution >= 4 is 11.8 Å². The number of fused-ring (bicyclic) bond motifs is 1. The summed E-state index contributed by atoms with van der Waals surface area (Å²) in [5.74, 6) is 0.0422. The van der Waals surface area contributed by atoms with Gasteiger partial charge in [0, 0.05) is 5.56 Å². The molecule has 0 radical (unpaired) electrons. The van der Waals surface area contributed by atoms with E-state index in [4.69, 9.17) is 9.47 Å².